The number of fused-ring (bicyclic) bond motifs is 3. The van der Waals surface area contributed by atoms with E-state index in [2.05, 4.69) is 10.8 Å². The van der Waals surface area contributed by atoms with Crippen LogP contribution in [0.5, 0.6) is 0 Å². The third-order valence-corrected chi connectivity index (χ3v) is 5.64. The first kappa shape index (κ1) is 23.9. The Morgan fingerprint density at radius 3 is 2.14 bits per heavy atom. The lowest BCUT2D eigenvalue weighted by Crippen LogP contribution is -2.37. The van der Waals surface area contributed by atoms with Gasteiger partial charge in [0.25, 0.3) is 5.91 Å². The van der Waals surface area contributed by atoms with Crippen molar-refractivity contribution in [2.45, 2.75) is 12.0 Å². The van der Waals surface area contributed by atoms with Crippen molar-refractivity contribution >= 4 is 23.7 Å². The minimum atomic E-state index is -1.38. The van der Waals surface area contributed by atoms with Crippen molar-refractivity contribution in [1.29, 1.82) is 0 Å². The van der Waals surface area contributed by atoms with Crippen molar-refractivity contribution in [3.63, 3.8) is 0 Å². The molecule has 4 rings (SSSR count). The van der Waals surface area contributed by atoms with E-state index >= 15 is 0 Å². The molecule has 1 unspecified atom stereocenters. The molecule has 180 valence electrons. The Balaban J connectivity index is 1.41. The predicted octanol–water partition coefficient (Wildman–Crippen LogP) is 3.81. The number of ether oxygens (including phenoxy) is 2. The minimum absolute atomic E-state index is 0.0718. The number of amides is 2. The molecule has 1 aliphatic rings. The van der Waals surface area contributed by atoms with Gasteiger partial charge in [-0.1, -0.05) is 60.7 Å². The van der Waals surface area contributed by atoms with Gasteiger partial charge in [0.15, 0.2) is 0 Å². The van der Waals surface area contributed by atoms with E-state index in [0.29, 0.717) is 0 Å². The summed E-state index contributed by atoms with van der Waals surface area (Å²) in [5.74, 6) is -2.13. The Morgan fingerprint density at radius 2 is 1.51 bits per heavy atom. The maximum atomic E-state index is 12.6. The summed E-state index contributed by atoms with van der Waals surface area (Å²) in [7, 11) is 1.31. The molecule has 2 amide bonds. The van der Waals surface area contributed by atoms with E-state index in [1.165, 1.54) is 19.2 Å². The SMILES string of the molecule is COCC(ONC(=O)c1ccccc1NC(=O)OCC1c2ccccc2-c2ccccc21)C(=O)O. The molecular weight excluding hydrogens is 452 g/mol. The van der Waals surface area contributed by atoms with Crippen LogP contribution in [-0.2, 0) is 19.1 Å². The van der Waals surface area contributed by atoms with Crippen LogP contribution in [0.25, 0.3) is 11.1 Å². The first-order valence-electron chi connectivity index (χ1n) is 10.9. The van der Waals surface area contributed by atoms with Gasteiger partial charge in [-0.3, -0.25) is 14.9 Å². The fourth-order valence-electron chi connectivity index (χ4n) is 4.02. The molecule has 9 heteroatoms. The van der Waals surface area contributed by atoms with Crippen molar-refractivity contribution in [1.82, 2.24) is 5.48 Å². The molecule has 0 heterocycles. The summed E-state index contributed by atoms with van der Waals surface area (Å²) in [6, 6.07) is 22.2. The molecule has 9 nitrogen and oxygen atoms in total. The van der Waals surface area contributed by atoms with Crippen LogP contribution in [0.4, 0.5) is 10.5 Å². The molecule has 3 N–H and O–H groups in total. The average molecular weight is 476 g/mol. The van der Waals surface area contributed by atoms with Gasteiger partial charge in [-0.2, -0.15) is 0 Å². The number of carbonyl (C=O) groups is 3. The summed E-state index contributed by atoms with van der Waals surface area (Å²) in [4.78, 5) is 41.3. The number of nitrogens with one attached hydrogen (secondary N) is 2. The van der Waals surface area contributed by atoms with Gasteiger partial charge in [0.05, 0.1) is 17.9 Å². The second kappa shape index (κ2) is 10.8. The Hall–Kier alpha value is -4.21. The number of methoxy groups -OCH3 is 1. The van der Waals surface area contributed by atoms with E-state index in [4.69, 9.17) is 19.4 Å². The van der Waals surface area contributed by atoms with E-state index in [-0.39, 0.29) is 30.4 Å². The second-order valence-corrected chi connectivity index (χ2v) is 7.83. The first-order valence-corrected chi connectivity index (χ1v) is 10.9. The zero-order valence-electron chi connectivity index (χ0n) is 18.9. The molecule has 0 saturated carbocycles. The standard InChI is InChI=1S/C26H24N2O7/c1-33-15-23(25(30)31)35-28-24(29)20-12-6-7-13-22(20)27-26(32)34-14-21-18-10-4-2-8-16(18)17-9-3-5-11-19(17)21/h2-13,21,23H,14-15H2,1H3,(H,27,32)(H,28,29)(H,30,31). The van der Waals surface area contributed by atoms with Crippen molar-refractivity contribution in [2.75, 3.05) is 25.6 Å². The number of para-hydroxylation sites is 1. The van der Waals surface area contributed by atoms with Crippen molar-refractivity contribution in [3.8, 4) is 11.1 Å². The fourth-order valence-corrected chi connectivity index (χ4v) is 4.02. The number of carboxylic acid groups (broad SMARTS) is 1. The van der Waals surface area contributed by atoms with Crippen LogP contribution in [0.2, 0.25) is 0 Å². The Labute approximate surface area is 201 Å². The zero-order valence-corrected chi connectivity index (χ0v) is 18.9. The van der Waals surface area contributed by atoms with Gasteiger partial charge in [-0.15, -0.1) is 0 Å². The number of hydrogen-bond acceptors (Lipinski definition) is 6. The summed E-state index contributed by atoms with van der Waals surface area (Å²) in [6.45, 7) is -0.135. The molecule has 3 aromatic rings. The molecule has 1 atom stereocenters. The molecule has 0 radical (unpaired) electrons. The van der Waals surface area contributed by atoms with Gasteiger partial charge in [0.1, 0.15) is 6.61 Å². The van der Waals surface area contributed by atoms with Gasteiger partial charge < -0.3 is 14.6 Å². The van der Waals surface area contributed by atoms with Crippen LogP contribution < -0.4 is 10.8 Å². The minimum Gasteiger partial charge on any atom is -0.479 e. The van der Waals surface area contributed by atoms with Crippen LogP contribution in [-0.4, -0.2) is 49.5 Å². The first-order chi connectivity index (χ1) is 17.0. The lowest BCUT2D eigenvalue weighted by molar-refractivity contribution is -0.158. The lowest BCUT2D eigenvalue weighted by Gasteiger charge is -2.16. The second-order valence-electron chi connectivity index (χ2n) is 7.83. The molecule has 0 aliphatic heterocycles. The monoisotopic (exact) mass is 476 g/mol. The highest BCUT2D eigenvalue weighted by atomic mass is 16.7. The normalized spacial score (nSPS) is 12.8. The molecule has 1 aliphatic carbocycles. The largest absolute Gasteiger partial charge is 0.479 e. The smallest absolute Gasteiger partial charge is 0.411 e. The van der Waals surface area contributed by atoms with Crippen LogP contribution in [0, 0.1) is 0 Å². The van der Waals surface area contributed by atoms with Crippen LogP contribution >= 0.6 is 0 Å². The van der Waals surface area contributed by atoms with Gasteiger partial charge in [-0.25, -0.2) is 15.1 Å². The average Bonchev–Trinajstić information content (AvgIpc) is 3.19. The highest BCUT2D eigenvalue weighted by Gasteiger charge is 2.29. The Morgan fingerprint density at radius 1 is 0.914 bits per heavy atom. The lowest BCUT2D eigenvalue weighted by atomic mass is 9.98. The Kier molecular flexibility index (Phi) is 7.39. The van der Waals surface area contributed by atoms with Gasteiger partial charge >= 0.3 is 12.1 Å². The molecule has 3 aromatic carbocycles. The molecule has 35 heavy (non-hydrogen) atoms. The Bertz CT molecular complexity index is 1200. The zero-order chi connectivity index (χ0) is 24.8. The van der Waals surface area contributed by atoms with Gasteiger partial charge in [0, 0.05) is 13.0 Å². The summed E-state index contributed by atoms with van der Waals surface area (Å²) < 4.78 is 10.3. The maximum Gasteiger partial charge on any atom is 0.411 e. The number of anilines is 1. The molecule has 0 saturated heterocycles. The van der Waals surface area contributed by atoms with Crippen molar-refractivity contribution in [3.05, 3.63) is 89.5 Å². The molecule has 0 bridgehead atoms. The van der Waals surface area contributed by atoms with Crippen molar-refractivity contribution in [2.24, 2.45) is 0 Å². The third kappa shape index (κ3) is 5.32. The van der Waals surface area contributed by atoms with Gasteiger partial charge in [-0.05, 0) is 34.4 Å². The summed E-state index contributed by atoms with van der Waals surface area (Å²) in [6.07, 6.45) is -2.11. The van der Waals surface area contributed by atoms with E-state index in [0.717, 1.165) is 22.3 Å². The number of carboxylic acids is 1. The molecule has 0 spiro atoms. The topological polar surface area (TPSA) is 123 Å². The van der Waals surface area contributed by atoms with Crippen LogP contribution in [0.15, 0.2) is 72.8 Å². The van der Waals surface area contributed by atoms with Crippen molar-refractivity contribution < 1.29 is 33.8 Å². The summed E-state index contributed by atoms with van der Waals surface area (Å²) in [5.41, 5.74) is 6.75. The number of hydrogen-bond donors (Lipinski definition) is 3. The van der Waals surface area contributed by atoms with E-state index in [1.807, 2.05) is 48.5 Å². The number of hydroxylamine groups is 1. The number of aliphatic carboxylic acids is 1. The van der Waals surface area contributed by atoms with Crippen LogP contribution in [0.1, 0.15) is 27.4 Å². The number of rotatable bonds is 9. The third-order valence-electron chi connectivity index (χ3n) is 5.64. The maximum absolute atomic E-state index is 12.6. The molecule has 0 aromatic heterocycles. The quantitative estimate of drug-likeness (QED) is 0.401. The molecule has 0 fully saturated rings. The highest BCUT2D eigenvalue weighted by Crippen LogP contribution is 2.44. The summed E-state index contributed by atoms with van der Waals surface area (Å²) >= 11 is 0. The van der Waals surface area contributed by atoms with E-state index in [1.54, 1.807) is 12.1 Å². The number of benzene rings is 3. The van der Waals surface area contributed by atoms with E-state index < -0.39 is 24.1 Å². The predicted molar refractivity (Wildman–Crippen MR) is 127 cm³/mol. The highest BCUT2D eigenvalue weighted by molar-refractivity contribution is 6.02. The molecular formula is C26H24N2O7. The van der Waals surface area contributed by atoms with E-state index in [9.17, 15) is 14.4 Å². The van der Waals surface area contributed by atoms with Crippen LogP contribution in [0.3, 0.4) is 0 Å². The fraction of sp³-hybridized carbons (Fsp3) is 0.192. The number of carbonyl (C=O) groups excluding carboxylic acids is 2. The van der Waals surface area contributed by atoms with Gasteiger partial charge in [0.2, 0.25) is 6.10 Å². The summed E-state index contributed by atoms with van der Waals surface area (Å²) in [5, 5.41) is 11.7.